The van der Waals surface area contributed by atoms with Crippen LogP contribution in [-0.4, -0.2) is 37.2 Å². The first-order valence-corrected chi connectivity index (χ1v) is 34.3. The van der Waals surface area contributed by atoms with E-state index in [1.807, 2.05) is 0 Å². The third-order valence-electron chi connectivity index (χ3n) is 15.3. The standard InChI is InChI=1S/C72H130O6/c1-4-7-10-13-16-19-22-25-28-30-32-34-35-36-37-39-40-42-44-47-50-53-56-59-62-65-71(74)77-68-69(67-76-70(73)64-61-58-55-52-49-46-27-24-21-18-15-12-9-6-3)78-72(75)66-63-60-57-54-51-48-45-43-41-38-33-31-29-26-23-20-17-14-11-8-5-2/h7,10,16,19,25,28,32,34,36-37,69H,4-6,8-9,11-15,17-18,20-24,26-27,29-31,33,35,38-68H2,1-3H3/b10-7-,19-16-,28-25-,34-32-,37-36-. The van der Waals surface area contributed by atoms with Gasteiger partial charge in [-0.2, -0.15) is 0 Å². The fourth-order valence-corrected chi connectivity index (χ4v) is 10.2. The lowest BCUT2D eigenvalue weighted by molar-refractivity contribution is -0.167. The Hall–Kier alpha value is -2.89. The topological polar surface area (TPSA) is 78.9 Å². The molecular formula is C72H130O6. The first kappa shape index (κ1) is 75.1. The highest BCUT2D eigenvalue weighted by atomic mass is 16.6. The van der Waals surface area contributed by atoms with Gasteiger partial charge in [-0.25, -0.2) is 0 Å². The van der Waals surface area contributed by atoms with Crippen molar-refractivity contribution in [2.75, 3.05) is 13.2 Å². The van der Waals surface area contributed by atoms with Gasteiger partial charge in [-0.05, 0) is 64.2 Å². The minimum atomic E-state index is -0.774. The Balaban J connectivity index is 4.29. The maximum absolute atomic E-state index is 12.9. The Morgan fingerprint density at radius 2 is 0.500 bits per heavy atom. The molecule has 0 aromatic heterocycles. The molecule has 6 nitrogen and oxygen atoms in total. The maximum Gasteiger partial charge on any atom is 0.306 e. The van der Waals surface area contributed by atoms with Gasteiger partial charge in [-0.3, -0.25) is 14.4 Å². The van der Waals surface area contributed by atoms with Crippen LogP contribution in [0.3, 0.4) is 0 Å². The van der Waals surface area contributed by atoms with E-state index in [4.69, 9.17) is 14.2 Å². The fraction of sp³-hybridized carbons (Fsp3) is 0.819. The van der Waals surface area contributed by atoms with Crippen molar-refractivity contribution in [3.63, 3.8) is 0 Å². The van der Waals surface area contributed by atoms with E-state index in [2.05, 4.69) is 81.5 Å². The highest BCUT2D eigenvalue weighted by Gasteiger charge is 2.19. The molecule has 0 saturated heterocycles. The molecule has 454 valence electrons. The van der Waals surface area contributed by atoms with Crippen LogP contribution in [-0.2, 0) is 28.6 Å². The molecule has 1 atom stereocenters. The average Bonchev–Trinajstić information content (AvgIpc) is 3.44. The number of unbranched alkanes of at least 4 members (excludes halogenated alkanes) is 42. The number of esters is 3. The molecule has 0 aromatic carbocycles. The lowest BCUT2D eigenvalue weighted by Gasteiger charge is -2.18. The predicted molar refractivity (Wildman–Crippen MR) is 339 cm³/mol. The van der Waals surface area contributed by atoms with Crippen molar-refractivity contribution in [1.29, 1.82) is 0 Å². The largest absolute Gasteiger partial charge is 0.462 e. The summed E-state index contributed by atoms with van der Waals surface area (Å²) in [6, 6.07) is 0. The first-order valence-electron chi connectivity index (χ1n) is 34.3. The molecule has 0 spiro atoms. The van der Waals surface area contributed by atoms with Crippen LogP contribution in [0.5, 0.6) is 0 Å². The van der Waals surface area contributed by atoms with Crippen molar-refractivity contribution in [3.05, 3.63) is 60.8 Å². The van der Waals surface area contributed by atoms with Crippen LogP contribution in [0.15, 0.2) is 60.8 Å². The van der Waals surface area contributed by atoms with Gasteiger partial charge >= 0.3 is 17.9 Å². The zero-order valence-electron chi connectivity index (χ0n) is 52.2. The molecule has 0 aliphatic carbocycles. The molecule has 0 aromatic rings. The number of carbonyl (C=O) groups excluding carboxylic acids is 3. The molecule has 0 fully saturated rings. The van der Waals surface area contributed by atoms with Crippen molar-refractivity contribution in [1.82, 2.24) is 0 Å². The normalized spacial score (nSPS) is 12.4. The molecule has 0 bridgehead atoms. The number of ether oxygens (including phenoxy) is 3. The quantitative estimate of drug-likeness (QED) is 0.0261. The minimum Gasteiger partial charge on any atom is -0.462 e. The summed E-state index contributed by atoms with van der Waals surface area (Å²) in [5.41, 5.74) is 0. The lowest BCUT2D eigenvalue weighted by atomic mass is 10.0. The summed E-state index contributed by atoms with van der Waals surface area (Å²) in [7, 11) is 0. The van der Waals surface area contributed by atoms with Gasteiger partial charge < -0.3 is 14.2 Å². The van der Waals surface area contributed by atoms with Gasteiger partial charge in [0, 0.05) is 19.3 Å². The van der Waals surface area contributed by atoms with E-state index >= 15 is 0 Å². The fourth-order valence-electron chi connectivity index (χ4n) is 10.2. The highest BCUT2D eigenvalue weighted by molar-refractivity contribution is 5.71. The van der Waals surface area contributed by atoms with Crippen molar-refractivity contribution in [2.45, 2.75) is 367 Å². The van der Waals surface area contributed by atoms with Gasteiger partial charge in [-0.15, -0.1) is 0 Å². The molecule has 1 unspecified atom stereocenters. The van der Waals surface area contributed by atoms with Crippen molar-refractivity contribution >= 4 is 17.9 Å². The molecule has 0 N–H and O–H groups in total. The minimum absolute atomic E-state index is 0.0703. The Bertz CT molecular complexity index is 1390. The van der Waals surface area contributed by atoms with Crippen LogP contribution in [0, 0.1) is 0 Å². The van der Waals surface area contributed by atoms with Crippen LogP contribution in [0.4, 0.5) is 0 Å². The Labute approximate surface area is 485 Å². The zero-order chi connectivity index (χ0) is 56.4. The smallest absolute Gasteiger partial charge is 0.306 e. The number of carbonyl (C=O) groups is 3. The second-order valence-corrected chi connectivity index (χ2v) is 23.1. The molecule has 0 heterocycles. The van der Waals surface area contributed by atoms with Crippen molar-refractivity contribution in [3.8, 4) is 0 Å². The summed E-state index contributed by atoms with van der Waals surface area (Å²) < 4.78 is 17.0. The SMILES string of the molecule is CC/C=C\C/C=C\C/C=C\C/C=C\C/C=C\CCCCCCCCCCCC(=O)OCC(COC(=O)CCCCCCCCCCCCCCCC)OC(=O)CCCCCCCCCCCCCCCCCCCCCCC. The Kier molecular flexibility index (Phi) is 64.2. The molecule has 0 radical (unpaired) electrons. The van der Waals surface area contributed by atoms with Gasteiger partial charge in [0.25, 0.3) is 0 Å². The molecule has 6 heteroatoms. The molecule has 0 aliphatic rings. The van der Waals surface area contributed by atoms with Gasteiger partial charge in [0.05, 0.1) is 0 Å². The third-order valence-corrected chi connectivity index (χ3v) is 15.3. The van der Waals surface area contributed by atoms with E-state index in [1.165, 1.54) is 225 Å². The van der Waals surface area contributed by atoms with Crippen LogP contribution >= 0.6 is 0 Å². The molecule has 0 aliphatic heterocycles. The maximum atomic E-state index is 12.9. The molecular weight excluding hydrogens is 961 g/mol. The summed E-state index contributed by atoms with van der Waals surface area (Å²) in [6.07, 6.45) is 85.2. The van der Waals surface area contributed by atoms with E-state index in [0.717, 1.165) is 96.3 Å². The third kappa shape index (κ3) is 63.9. The average molecular weight is 1090 g/mol. The van der Waals surface area contributed by atoms with Crippen LogP contribution in [0.1, 0.15) is 361 Å². The molecule has 0 rings (SSSR count). The van der Waals surface area contributed by atoms with E-state index in [0.29, 0.717) is 19.3 Å². The van der Waals surface area contributed by atoms with Crippen molar-refractivity contribution in [2.24, 2.45) is 0 Å². The Morgan fingerprint density at radius 1 is 0.269 bits per heavy atom. The van der Waals surface area contributed by atoms with Crippen molar-refractivity contribution < 1.29 is 28.6 Å². The second kappa shape index (κ2) is 66.6. The second-order valence-electron chi connectivity index (χ2n) is 23.1. The van der Waals surface area contributed by atoms with Gasteiger partial charge in [-0.1, -0.05) is 338 Å². The first-order chi connectivity index (χ1) is 38.5. The van der Waals surface area contributed by atoms with Gasteiger partial charge in [0.15, 0.2) is 6.10 Å². The summed E-state index contributed by atoms with van der Waals surface area (Å²) in [5.74, 6) is -0.851. The number of hydrogen-bond acceptors (Lipinski definition) is 6. The highest BCUT2D eigenvalue weighted by Crippen LogP contribution is 2.18. The number of allylic oxidation sites excluding steroid dienone is 10. The van der Waals surface area contributed by atoms with Crippen LogP contribution in [0.2, 0.25) is 0 Å². The van der Waals surface area contributed by atoms with E-state index < -0.39 is 6.10 Å². The van der Waals surface area contributed by atoms with Gasteiger partial charge in [0.2, 0.25) is 0 Å². The summed E-state index contributed by atoms with van der Waals surface area (Å²) in [5, 5.41) is 0. The molecule has 0 saturated carbocycles. The van der Waals surface area contributed by atoms with E-state index in [1.54, 1.807) is 0 Å². The number of hydrogen-bond donors (Lipinski definition) is 0. The van der Waals surface area contributed by atoms with Crippen LogP contribution in [0.25, 0.3) is 0 Å². The summed E-state index contributed by atoms with van der Waals surface area (Å²) >= 11 is 0. The summed E-state index contributed by atoms with van der Waals surface area (Å²) in [6.45, 7) is 6.59. The van der Waals surface area contributed by atoms with Gasteiger partial charge in [0.1, 0.15) is 13.2 Å². The lowest BCUT2D eigenvalue weighted by Crippen LogP contribution is -2.30. The number of rotatable bonds is 63. The Morgan fingerprint density at radius 3 is 0.782 bits per heavy atom. The summed E-state index contributed by atoms with van der Waals surface area (Å²) in [4.78, 5) is 38.4. The van der Waals surface area contributed by atoms with Crippen LogP contribution < -0.4 is 0 Å². The molecule has 78 heavy (non-hydrogen) atoms. The van der Waals surface area contributed by atoms with E-state index in [9.17, 15) is 14.4 Å². The monoisotopic (exact) mass is 1090 g/mol. The molecule has 0 amide bonds. The zero-order valence-corrected chi connectivity index (χ0v) is 52.2. The predicted octanol–water partition coefficient (Wildman–Crippen LogP) is 23.5. The van der Waals surface area contributed by atoms with E-state index in [-0.39, 0.29) is 31.1 Å².